The maximum Gasteiger partial charge on any atom is 0.0435 e. The first kappa shape index (κ1) is 8.74. The van der Waals surface area contributed by atoms with Crippen LogP contribution in [0.4, 0.5) is 0 Å². The molecule has 13 heavy (non-hydrogen) atoms. The second kappa shape index (κ2) is 3.91. The lowest BCUT2D eigenvalue weighted by molar-refractivity contribution is 0.710. The summed E-state index contributed by atoms with van der Waals surface area (Å²) in [5.74, 6) is 0. The van der Waals surface area contributed by atoms with E-state index in [2.05, 4.69) is 18.0 Å². The molecule has 1 aromatic heterocycles. The van der Waals surface area contributed by atoms with E-state index in [0.717, 1.165) is 6.42 Å². The Hall–Kier alpha value is -0.850. The fraction of sp³-hybridized carbons (Fsp3) is 0.583. The highest BCUT2D eigenvalue weighted by Crippen LogP contribution is 2.22. The Kier molecular flexibility index (Phi) is 2.62. The summed E-state index contributed by atoms with van der Waals surface area (Å²) >= 11 is 0. The third-order valence-corrected chi connectivity index (χ3v) is 2.95. The fourth-order valence-corrected chi connectivity index (χ4v) is 2.22. The fourth-order valence-electron chi connectivity index (χ4n) is 2.22. The monoisotopic (exact) mass is 175 g/mol. The van der Waals surface area contributed by atoms with Gasteiger partial charge < -0.3 is 0 Å². The molecule has 1 heterocycles. The summed E-state index contributed by atoms with van der Waals surface area (Å²) < 4.78 is 0. The summed E-state index contributed by atoms with van der Waals surface area (Å²) in [6.07, 6.45) is 9.69. The van der Waals surface area contributed by atoms with Crippen LogP contribution in [0, 0.1) is 0 Å². The van der Waals surface area contributed by atoms with Crippen LogP contribution in [0.15, 0.2) is 12.3 Å². The minimum Gasteiger partial charge on any atom is -0.261 e. The van der Waals surface area contributed by atoms with Gasteiger partial charge in [-0.2, -0.15) is 0 Å². The Labute approximate surface area is 80.2 Å². The molecule has 0 N–H and O–H groups in total. The van der Waals surface area contributed by atoms with Crippen LogP contribution in [-0.2, 0) is 19.3 Å². The Morgan fingerprint density at radius 3 is 2.92 bits per heavy atom. The van der Waals surface area contributed by atoms with Gasteiger partial charge in [-0.15, -0.1) is 0 Å². The summed E-state index contributed by atoms with van der Waals surface area (Å²) in [6.45, 7) is 2.20. The first-order chi connectivity index (χ1) is 6.42. The molecule has 0 spiro atoms. The molecule has 1 aliphatic carbocycles. The number of aryl methyl sites for hydroxylation is 2. The van der Waals surface area contributed by atoms with Gasteiger partial charge in [-0.05, 0) is 49.3 Å². The number of aromatic nitrogens is 1. The van der Waals surface area contributed by atoms with E-state index in [1.807, 2.05) is 6.20 Å². The number of rotatable bonds is 1. The van der Waals surface area contributed by atoms with Crippen molar-refractivity contribution in [3.8, 4) is 0 Å². The van der Waals surface area contributed by atoms with E-state index in [0.29, 0.717) is 0 Å². The molecule has 70 valence electrons. The molecule has 0 bridgehead atoms. The summed E-state index contributed by atoms with van der Waals surface area (Å²) in [5, 5.41) is 0. The second-order valence-electron chi connectivity index (χ2n) is 3.81. The molecule has 0 aliphatic heterocycles. The lowest BCUT2D eigenvalue weighted by Gasteiger charge is -2.08. The molecule has 0 fully saturated rings. The molecule has 0 unspecified atom stereocenters. The van der Waals surface area contributed by atoms with E-state index in [4.69, 9.17) is 0 Å². The van der Waals surface area contributed by atoms with Gasteiger partial charge in [0.05, 0.1) is 0 Å². The van der Waals surface area contributed by atoms with Gasteiger partial charge in [0, 0.05) is 11.9 Å². The minimum absolute atomic E-state index is 1.09. The van der Waals surface area contributed by atoms with Gasteiger partial charge in [-0.3, -0.25) is 4.98 Å². The highest BCUT2D eigenvalue weighted by atomic mass is 14.7. The van der Waals surface area contributed by atoms with Crippen molar-refractivity contribution in [1.29, 1.82) is 0 Å². The summed E-state index contributed by atoms with van der Waals surface area (Å²) in [7, 11) is 0. The first-order valence-electron chi connectivity index (χ1n) is 5.37. The smallest absolute Gasteiger partial charge is 0.0435 e. The first-order valence-corrected chi connectivity index (χ1v) is 5.37. The molecule has 0 amide bonds. The van der Waals surface area contributed by atoms with Crippen LogP contribution in [0.25, 0.3) is 0 Å². The average Bonchev–Trinajstić information content (AvgIpc) is 2.41. The number of fused-ring (bicyclic) bond motifs is 1. The third kappa shape index (κ3) is 1.74. The summed E-state index contributed by atoms with van der Waals surface area (Å²) in [5.41, 5.74) is 4.45. The Morgan fingerprint density at radius 2 is 2.08 bits per heavy atom. The second-order valence-corrected chi connectivity index (χ2v) is 3.81. The van der Waals surface area contributed by atoms with E-state index in [-0.39, 0.29) is 0 Å². The molecule has 0 radical (unpaired) electrons. The van der Waals surface area contributed by atoms with Crippen molar-refractivity contribution in [2.24, 2.45) is 0 Å². The van der Waals surface area contributed by atoms with E-state index in [1.165, 1.54) is 37.8 Å². The van der Waals surface area contributed by atoms with Gasteiger partial charge in [0.25, 0.3) is 0 Å². The van der Waals surface area contributed by atoms with E-state index >= 15 is 0 Å². The van der Waals surface area contributed by atoms with Crippen LogP contribution in [0.5, 0.6) is 0 Å². The standard InChI is InChI=1S/C12H17N/c1-2-12-11-7-5-3-4-6-10(11)8-9-13-12/h8-9H,2-7H2,1H3. The Bertz CT molecular complexity index is 291. The topological polar surface area (TPSA) is 12.9 Å². The molecule has 1 aromatic rings. The highest BCUT2D eigenvalue weighted by molar-refractivity contribution is 5.31. The number of pyridine rings is 1. The molecule has 0 saturated carbocycles. The zero-order valence-corrected chi connectivity index (χ0v) is 8.34. The van der Waals surface area contributed by atoms with Crippen LogP contribution in [0.2, 0.25) is 0 Å². The normalized spacial score (nSPS) is 16.4. The van der Waals surface area contributed by atoms with Gasteiger partial charge in [0.15, 0.2) is 0 Å². The van der Waals surface area contributed by atoms with Crippen molar-refractivity contribution in [3.05, 3.63) is 29.1 Å². The van der Waals surface area contributed by atoms with Gasteiger partial charge in [-0.1, -0.05) is 13.3 Å². The van der Waals surface area contributed by atoms with Crippen molar-refractivity contribution < 1.29 is 0 Å². The van der Waals surface area contributed by atoms with Gasteiger partial charge in [-0.25, -0.2) is 0 Å². The van der Waals surface area contributed by atoms with Gasteiger partial charge in [0.1, 0.15) is 0 Å². The van der Waals surface area contributed by atoms with E-state index in [9.17, 15) is 0 Å². The van der Waals surface area contributed by atoms with Crippen LogP contribution in [0.1, 0.15) is 43.0 Å². The van der Waals surface area contributed by atoms with Crippen molar-refractivity contribution >= 4 is 0 Å². The largest absolute Gasteiger partial charge is 0.261 e. The number of hydrogen-bond donors (Lipinski definition) is 0. The maximum absolute atomic E-state index is 4.45. The Balaban J connectivity index is 2.40. The molecular formula is C12H17N. The average molecular weight is 175 g/mol. The van der Waals surface area contributed by atoms with Crippen LogP contribution in [-0.4, -0.2) is 4.98 Å². The quantitative estimate of drug-likeness (QED) is 0.598. The lowest BCUT2D eigenvalue weighted by Crippen LogP contribution is -1.99. The van der Waals surface area contributed by atoms with Crippen LogP contribution in [0.3, 0.4) is 0 Å². The van der Waals surface area contributed by atoms with Crippen molar-refractivity contribution in [2.75, 3.05) is 0 Å². The molecule has 0 atom stereocenters. The highest BCUT2D eigenvalue weighted by Gasteiger charge is 2.10. The number of hydrogen-bond acceptors (Lipinski definition) is 1. The predicted molar refractivity (Wildman–Crippen MR) is 54.9 cm³/mol. The van der Waals surface area contributed by atoms with Crippen LogP contribution >= 0.6 is 0 Å². The SMILES string of the molecule is CCc1nccc2c1CCCCC2. The van der Waals surface area contributed by atoms with E-state index in [1.54, 1.807) is 11.1 Å². The Morgan fingerprint density at radius 1 is 1.23 bits per heavy atom. The number of nitrogens with zero attached hydrogens (tertiary/aromatic N) is 1. The lowest BCUT2D eigenvalue weighted by atomic mass is 10.0. The molecule has 2 rings (SSSR count). The summed E-state index contributed by atoms with van der Waals surface area (Å²) in [4.78, 5) is 4.45. The van der Waals surface area contributed by atoms with Gasteiger partial charge in [0.2, 0.25) is 0 Å². The predicted octanol–water partition coefficient (Wildman–Crippen LogP) is 2.91. The molecule has 1 heteroatoms. The maximum atomic E-state index is 4.45. The van der Waals surface area contributed by atoms with Gasteiger partial charge >= 0.3 is 0 Å². The molecule has 1 nitrogen and oxygen atoms in total. The molecular weight excluding hydrogens is 158 g/mol. The summed E-state index contributed by atoms with van der Waals surface area (Å²) in [6, 6.07) is 2.21. The van der Waals surface area contributed by atoms with Crippen molar-refractivity contribution in [3.63, 3.8) is 0 Å². The molecule has 0 aromatic carbocycles. The van der Waals surface area contributed by atoms with Crippen molar-refractivity contribution in [1.82, 2.24) is 4.98 Å². The van der Waals surface area contributed by atoms with E-state index < -0.39 is 0 Å². The van der Waals surface area contributed by atoms with Crippen LogP contribution < -0.4 is 0 Å². The minimum atomic E-state index is 1.09. The van der Waals surface area contributed by atoms with Crippen molar-refractivity contribution in [2.45, 2.75) is 45.4 Å². The zero-order valence-electron chi connectivity index (χ0n) is 8.34. The zero-order chi connectivity index (χ0) is 9.10. The third-order valence-electron chi connectivity index (χ3n) is 2.95. The molecule has 0 saturated heterocycles. The molecule has 1 aliphatic rings.